The second-order valence-electron chi connectivity index (χ2n) is 4.26. The molecule has 6 heteroatoms. The summed E-state index contributed by atoms with van der Waals surface area (Å²) < 4.78 is 0. The Morgan fingerprint density at radius 3 is 2.89 bits per heavy atom. The van der Waals surface area contributed by atoms with Gasteiger partial charge in [0.2, 0.25) is 0 Å². The van der Waals surface area contributed by atoms with E-state index in [1.54, 1.807) is 12.1 Å². The SMILES string of the molecule is CCc1[nH]nc(C(=O)Nc2cc(C)ccc2Cl)c1N. The molecule has 0 unspecified atom stereocenters. The fraction of sp³-hybridized carbons (Fsp3) is 0.231. The van der Waals surface area contributed by atoms with Crippen LogP contribution >= 0.6 is 11.6 Å². The van der Waals surface area contributed by atoms with Gasteiger partial charge in [0, 0.05) is 0 Å². The van der Waals surface area contributed by atoms with E-state index in [4.69, 9.17) is 17.3 Å². The topological polar surface area (TPSA) is 83.8 Å². The Bertz CT molecular complexity index is 621. The highest BCUT2D eigenvalue weighted by Crippen LogP contribution is 2.24. The maximum atomic E-state index is 12.1. The number of aryl methyl sites for hydroxylation is 2. The van der Waals surface area contributed by atoms with Crippen LogP contribution in [0.3, 0.4) is 0 Å². The first-order chi connectivity index (χ1) is 9.02. The monoisotopic (exact) mass is 278 g/mol. The van der Waals surface area contributed by atoms with Crippen molar-refractivity contribution in [2.24, 2.45) is 0 Å². The van der Waals surface area contributed by atoms with Crippen molar-refractivity contribution < 1.29 is 4.79 Å². The van der Waals surface area contributed by atoms with Crippen LogP contribution in [0.15, 0.2) is 18.2 Å². The van der Waals surface area contributed by atoms with E-state index in [-0.39, 0.29) is 11.6 Å². The van der Waals surface area contributed by atoms with E-state index in [0.29, 0.717) is 22.8 Å². The summed E-state index contributed by atoms with van der Waals surface area (Å²) in [5.41, 5.74) is 8.72. The Morgan fingerprint density at radius 1 is 1.53 bits per heavy atom. The summed E-state index contributed by atoms with van der Waals surface area (Å²) >= 11 is 6.03. The van der Waals surface area contributed by atoms with Crippen molar-refractivity contribution in [3.05, 3.63) is 40.2 Å². The fourth-order valence-corrected chi connectivity index (χ4v) is 1.91. The average molecular weight is 279 g/mol. The van der Waals surface area contributed by atoms with Gasteiger partial charge in [0.15, 0.2) is 5.69 Å². The molecule has 5 nitrogen and oxygen atoms in total. The lowest BCUT2D eigenvalue weighted by molar-refractivity contribution is 0.102. The molecule has 19 heavy (non-hydrogen) atoms. The first-order valence-electron chi connectivity index (χ1n) is 5.93. The molecule has 0 bridgehead atoms. The number of carbonyl (C=O) groups is 1. The van der Waals surface area contributed by atoms with Crippen LogP contribution in [-0.4, -0.2) is 16.1 Å². The molecule has 0 fully saturated rings. The third kappa shape index (κ3) is 2.71. The molecular formula is C13H15ClN4O. The summed E-state index contributed by atoms with van der Waals surface area (Å²) in [6.07, 6.45) is 0.692. The van der Waals surface area contributed by atoms with Crippen molar-refractivity contribution in [2.45, 2.75) is 20.3 Å². The number of nitrogens with zero attached hydrogens (tertiary/aromatic N) is 1. The molecule has 100 valence electrons. The summed E-state index contributed by atoms with van der Waals surface area (Å²) in [6, 6.07) is 5.40. The summed E-state index contributed by atoms with van der Waals surface area (Å²) in [5.74, 6) is -0.374. The molecule has 1 aromatic carbocycles. The molecule has 0 aliphatic rings. The Kier molecular flexibility index (Phi) is 3.76. The van der Waals surface area contributed by atoms with E-state index in [2.05, 4.69) is 15.5 Å². The third-order valence-corrected chi connectivity index (χ3v) is 3.15. The number of nitrogen functional groups attached to an aromatic ring is 1. The normalized spacial score (nSPS) is 10.5. The number of halogens is 1. The van der Waals surface area contributed by atoms with Crippen LogP contribution in [0.2, 0.25) is 5.02 Å². The van der Waals surface area contributed by atoms with Gasteiger partial charge in [0.25, 0.3) is 5.91 Å². The molecule has 1 amide bonds. The predicted molar refractivity (Wildman–Crippen MR) is 76.5 cm³/mol. The van der Waals surface area contributed by atoms with Gasteiger partial charge in [0.05, 0.1) is 22.1 Å². The van der Waals surface area contributed by atoms with Gasteiger partial charge >= 0.3 is 0 Å². The number of anilines is 2. The maximum Gasteiger partial charge on any atom is 0.278 e. The van der Waals surface area contributed by atoms with Gasteiger partial charge in [-0.1, -0.05) is 24.6 Å². The zero-order valence-electron chi connectivity index (χ0n) is 10.7. The van der Waals surface area contributed by atoms with Gasteiger partial charge in [-0.05, 0) is 31.0 Å². The lowest BCUT2D eigenvalue weighted by atomic mass is 10.2. The smallest absolute Gasteiger partial charge is 0.278 e. The van der Waals surface area contributed by atoms with Crippen LogP contribution in [0.5, 0.6) is 0 Å². The number of nitrogens with two attached hydrogens (primary N) is 1. The summed E-state index contributed by atoms with van der Waals surface area (Å²) in [4.78, 5) is 12.1. The third-order valence-electron chi connectivity index (χ3n) is 2.82. The van der Waals surface area contributed by atoms with Gasteiger partial charge in [-0.25, -0.2) is 0 Å². The number of hydrogen-bond donors (Lipinski definition) is 3. The molecule has 0 aliphatic heterocycles. The number of nitrogens with one attached hydrogen (secondary N) is 2. The van der Waals surface area contributed by atoms with Gasteiger partial charge < -0.3 is 11.1 Å². The molecule has 2 rings (SSSR count). The highest BCUT2D eigenvalue weighted by molar-refractivity contribution is 6.34. The van der Waals surface area contributed by atoms with Gasteiger partial charge in [-0.3, -0.25) is 9.89 Å². The first kappa shape index (κ1) is 13.4. The lowest BCUT2D eigenvalue weighted by Crippen LogP contribution is -2.14. The largest absolute Gasteiger partial charge is 0.395 e. The molecule has 1 heterocycles. The number of amides is 1. The standard InChI is InChI=1S/C13H15ClN4O/c1-3-9-11(15)12(18-17-9)13(19)16-10-6-7(2)4-5-8(10)14/h4-6H,3,15H2,1-2H3,(H,16,19)(H,17,18). The Hall–Kier alpha value is -2.01. The molecule has 0 spiro atoms. The van der Waals surface area contributed by atoms with E-state index in [1.165, 1.54) is 0 Å². The molecule has 0 atom stereocenters. The summed E-state index contributed by atoms with van der Waals surface area (Å²) in [6.45, 7) is 3.85. The van der Waals surface area contributed by atoms with E-state index in [9.17, 15) is 4.79 Å². The van der Waals surface area contributed by atoms with Gasteiger partial charge in [-0.15, -0.1) is 0 Å². The molecule has 0 aliphatic carbocycles. The first-order valence-corrected chi connectivity index (χ1v) is 6.31. The molecule has 0 saturated heterocycles. The zero-order chi connectivity index (χ0) is 14.0. The zero-order valence-corrected chi connectivity index (χ0v) is 11.5. The molecule has 0 saturated carbocycles. The van der Waals surface area contributed by atoms with E-state index in [0.717, 1.165) is 11.3 Å². The molecule has 2 aromatic rings. The van der Waals surface area contributed by atoms with Crippen LogP contribution in [0.4, 0.5) is 11.4 Å². The van der Waals surface area contributed by atoms with Crippen molar-refractivity contribution in [3.8, 4) is 0 Å². The Labute approximate surface area is 116 Å². The van der Waals surface area contributed by atoms with Gasteiger partial charge in [0.1, 0.15) is 0 Å². The molecule has 1 aromatic heterocycles. The van der Waals surface area contributed by atoms with Crippen molar-refractivity contribution >= 4 is 28.9 Å². The van der Waals surface area contributed by atoms with Crippen LogP contribution in [0, 0.1) is 6.92 Å². The van der Waals surface area contributed by atoms with E-state index in [1.807, 2.05) is 19.9 Å². The number of hydrogen-bond acceptors (Lipinski definition) is 3. The number of aromatic amines is 1. The van der Waals surface area contributed by atoms with Crippen LogP contribution in [-0.2, 0) is 6.42 Å². The summed E-state index contributed by atoms with van der Waals surface area (Å²) in [5, 5.41) is 9.87. The fourth-order valence-electron chi connectivity index (χ4n) is 1.75. The van der Waals surface area contributed by atoms with Gasteiger partial charge in [-0.2, -0.15) is 5.10 Å². The summed E-state index contributed by atoms with van der Waals surface area (Å²) in [7, 11) is 0. The Balaban J connectivity index is 2.25. The highest BCUT2D eigenvalue weighted by Gasteiger charge is 2.17. The van der Waals surface area contributed by atoms with Crippen molar-refractivity contribution in [1.29, 1.82) is 0 Å². The highest BCUT2D eigenvalue weighted by atomic mass is 35.5. The van der Waals surface area contributed by atoms with Crippen molar-refractivity contribution in [1.82, 2.24) is 10.2 Å². The minimum atomic E-state index is -0.374. The second-order valence-corrected chi connectivity index (χ2v) is 4.66. The van der Waals surface area contributed by atoms with Crippen molar-refractivity contribution in [3.63, 3.8) is 0 Å². The van der Waals surface area contributed by atoms with E-state index < -0.39 is 0 Å². The number of carbonyl (C=O) groups excluding carboxylic acids is 1. The lowest BCUT2D eigenvalue weighted by Gasteiger charge is -2.07. The maximum absolute atomic E-state index is 12.1. The predicted octanol–water partition coefficient (Wildman–Crippen LogP) is 2.77. The van der Waals surface area contributed by atoms with Crippen LogP contribution in [0.25, 0.3) is 0 Å². The minimum absolute atomic E-state index is 0.189. The molecular weight excluding hydrogens is 264 g/mol. The van der Waals surface area contributed by atoms with Crippen LogP contribution < -0.4 is 11.1 Å². The van der Waals surface area contributed by atoms with Crippen LogP contribution in [0.1, 0.15) is 28.7 Å². The number of aromatic nitrogens is 2. The van der Waals surface area contributed by atoms with E-state index >= 15 is 0 Å². The molecule has 0 radical (unpaired) electrons. The second kappa shape index (κ2) is 5.32. The number of H-pyrrole nitrogens is 1. The average Bonchev–Trinajstić information content (AvgIpc) is 2.75. The Morgan fingerprint density at radius 2 is 2.26 bits per heavy atom. The quantitative estimate of drug-likeness (QED) is 0.807. The van der Waals surface area contributed by atoms with Crippen molar-refractivity contribution in [2.75, 3.05) is 11.1 Å². The molecule has 4 N–H and O–H groups in total. The number of benzene rings is 1. The number of rotatable bonds is 3. The minimum Gasteiger partial charge on any atom is -0.395 e.